The third-order valence-corrected chi connectivity index (χ3v) is 11.2. The van der Waals surface area contributed by atoms with Crippen LogP contribution in [0.15, 0.2) is 48.8 Å². The number of carbonyl (C=O) groups excluding carboxylic acids is 3. The van der Waals surface area contributed by atoms with Crippen LogP contribution in [0.5, 0.6) is 11.5 Å². The van der Waals surface area contributed by atoms with E-state index < -0.39 is 47.1 Å². The number of esters is 1. The van der Waals surface area contributed by atoms with Gasteiger partial charge in [-0.3, -0.25) is 28.5 Å². The largest absolute Gasteiger partial charge is 0.619 e. The number of hydrogen-bond donors (Lipinski definition) is 0. The van der Waals surface area contributed by atoms with Crippen LogP contribution in [-0.4, -0.2) is 101 Å². The molecule has 1 saturated carbocycles. The number of aromatic nitrogens is 1. The molecule has 2 aromatic carbocycles. The number of amides is 2. The Balaban J connectivity index is 1.21. The first-order valence-corrected chi connectivity index (χ1v) is 20.0. The van der Waals surface area contributed by atoms with Crippen molar-refractivity contribution in [2.75, 3.05) is 63.1 Å². The molecule has 1 aromatic heterocycles. The molecule has 1 aliphatic carbocycles. The normalized spacial score (nSPS) is 16.7. The molecular formula is C36H38Cl2F2N4O10S. The molecule has 14 nitrogen and oxygen atoms in total. The van der Waals surface area contributed by atoms with Crippen molar-refractivity contribution in [2.24, 2.45) is 5.92 Å². The lowest BCUT2D eigenvalue weighted by Crippen LogP contribution is -2.39. The summed E-state index contributed by atoms with van der Waals surface area (Å²) in [6.45, 7) is -0.298. The molecule has 2 amide bonds. The average Bonchev–Trinajstić information content (AvgIpc) is 3.93. The Morgan fingerprint density at radius 2 is 1.73 bits per heavy atom. The quantitative estimate of drug-likeness (QED) is 0.0809. The fourth-order valence-corrected chi connectivity index (χ4v) is 7.87. The maximum absolute atomic E-state index is 13.6. The molecule has 1 saturated heterocycles. The highest BCUT2D eigenvalue weighted by Crippen LogP contribution is 2.38. The van der Waals surface area contributed by atoms with Gasteiger partial charge < -0.3 is 24.2 Å². The van der Waals surface area contributed by atoms with Crippen molar-refractivity contribution in [2.45, 2.75) is 38.4 Å². The van der Waals surface area contributed by atoms with Gasteiger partial charge in [0.2, 0.25) is 10.0 Å². The molecule has 0 bridgehead atoms. The summed E-state index contributed by atoms with van der Waals surface area (Å²) in [5.41, 5.74) is 0.530. The third-order valence-electron chi connectivity index (χ3n) is 9.32. The Kier molecular flexibility index (Phi) is 12.7. The Hall–Kier alpha value is -4.29. The van der Waals surface area contributed by atoms with Gasteiger partial charge in [-0.05, 0) is 61.1 Å². The lowest BCUT2D eigenvalue weighted by Gasteiger charge is -2.28. The van der Waals surface area contributed by atoms with Crippen LogP contribution in [0.2, 0.25) is 10.0 Å². The molecule has 2 fully saturated rings. The van der Waals surface area contributed by atoms with Gasteiger partial charge in [-0.1, -0.05) is 29.3 Å². The number of alkyl halides is 2. The Morgan fingerprint density at radius 3 is 2.38 bits per heavy atom. The van der Waals surface area contributed by atoms with E-state index >= 15 is 0 Å². The van der Waals surface area contributed by atoms with Crippen LogP contribution in [0.1, 0.15) is 57.2 Å². The maximum atomic E-state index is 13.6. The molecule has 296 valence electrons. The van der Waals surface area contributed by atoms with Crippen molar-refractivity contribution in [1.29, 1.82) is 0 Å². The first kappa shape index (κ1) is 40.4. The first-order valence-electron chi connectivity index (χ1n) is 17.4. The second kappa shape index (κ2) is 17.2. The fourth-order valence-electron chi connectivity index (χ4n) is 6.31. The van der Waals surface area contributed by atoms with Gasteiger partial charge in [0.25, 0.3) is 11.8 Å². The van der Waals surface area contributed by atoms with Gasteiger partial charge in [0, 0.05) is 38.2 Å². The fraction of sp³-hybridized carbons (Fsp3) is 0.444. The molecule has 0 spiro atoms. The molecule has 6 rings (SSSR count). The highest BCUT2D eigenvalue weighted by Gasteiger charge is 2.39. The van der Waals surface area contributed by atoms with Crippen LogP contribution in [-0.2, 0) is 30.7 Å². The molecular weight excluding hydrogens is 789 g/mol. The van der Waals surface area contributed by atoms with Crippen molar-refractivity contribution in [3.63, 3.8) is 0 Å². The van der Waals surface area contributed by atoms with Gasteiger partial charge in [-0.2, -0.15) is 13.5 Å². The lowest BCUT2D eigenvalue weighted by atomic mass is 10.0. The molecule has 3 aromatic rings. The lowest BCUT2D eigenvalue weighted by molar-refractivity contribution is -0.605. The van der Waals surface area contributed by atoms with Gasteiger partial charge in [0.1, 0.15) is 22.7 Å². The second-order valence-corrected chi connectivity index (χ2v) is 16.1. The number of imide groups is 1. The van der Waals surface area contributed by atoms with Crippen molar-refractivity contribution >= 4 is 56.7 Å². The minimum atomic E-state index is -3.78. The number of morpholine rings is 1. The van der Waals surface area contributed by atoms with E-state index in [9.17, 15) is 36.8 Å². The van der Waals surface area contributed by atoms with E-state index in [1.54, 1.807) is 0 Å². The highest BCUT2D eigenvalue weighted by molar-refractivity contribution is 7.92. The summed E-state index contributed by atoms with van der Waals surface area (Å²) < 4.78 is 75.3. The zero-order valence-corrected chi connectivity index (χ0v) is 32.0. The van der Waals surface area contributed by atoms with Crippen molar-refractivity contribution < 1.29 is 55.3 Å². The van der Waals surface area contributed by atoms with E-state index in [-0.39, 0.29) is 75.0 Å². The van der Waals surface area contributed by atoms with E-state index in [1.807, 2.05) is 0 Å². The molecule has 1 atom stereocenters. The predicted molar refractivity (Wildman–Crippen MR) is 195 cm³/mol. The number of sulfonamides is 1. The number of carbonyl (C=O) groups is 3. The summed E-state index contributed by atoms with van der Waals surface area (Å²) in [4.78, 5) is 43.5. The average molecular weight is 828 g/mol. The topological polar surface area (TPSA) is 159 Å². The Labute approximate surface area is 326 Å². The second-order valence-electron chi connectivity index (χ2n) is 13.4. The minimum Gasteiger partial charge on any atom is -0.619 e. The summed E-state index contributed by atoms with van der Waals surface area (Å²) in [6.07, 6.45) is 4.04. The van der Waals surface area contributed by atoms with Crippen LogP contribution < -0.4 is 18.5 Å². The summed E-state index contributed by atoms with van der Waals surface area (Å²) >= 11 is 12.7. The van der Waals surface area contributed by atoms with Gasteiger partial charge in [0.15, 0.2) is 23.9 Å². The monoisotopic (exact) mass is 826 g/mol. The Morgan fingerprint density at radius 1 is 1.04 bits per heavy atom. The van der Waals surface area contributed by atoms with Crippen LogP contribution in [0.3, 0.4) is 0 Å². The molecule has 55 heavy (non-hydrogen) atoms. The van der Waals surface area contributed by atoms with Crippen molar-refractivity contribution in [3.05, 3.63) is 86.3 Å². The smallest absolute Gasteiger partial charge is 0.387 e. The number of ether oxygens (including phenoxy) is 4. The SMILES string of the molecule is CS(=O)(=O)N(CCCN1CCOCC1)c1ccc2c(c1)C(=O)N(CC(=O)OC(Cc1c(Cl)c[n+]([O-])cc1Cl)c1ccc(OC(F)F)c(OCC3CC3)c1)C2=O. The van der Waals surface area contributed by atoms with Crippen molar-refractivity contribution in [1.82, 2.24) is 9.80 Å². The van der Waals surface area contributed by atoms with E-state index in [4.69, 9.17) is 37.4 Å². The van der Waals surface area contributed by atoms with E-state index in [0.717, 1.165) is 44.6 Å². The molecule has 3 aliphatic rings. The van der Waals surface area contributed by atoms with Crippen LogP contribution in [0.25, 0.3) is 0 Å². The van der Waals surface area contributed by atoms with Gasteiger partial charge in [-0.15, -0.1) is 0 Å². The van der Waals surface area contributed by atoms with Gasteiger partial charge >= 0.3 is 12.6 Å². The van der Waals surface area contributed by atoms with Crippen LogP contribution in [0, 0.1) is 11.1 Å². The molecule has 0 N–H and O–H groups in total. The van der Waals surface area contributed by atoms with Gasteiger partial charge in [0.05, 0.1) is 42.9 Å². The van der Waals surface area contributed by atoms with E-state index in [1.165, 1.54) is 40.7 Å². The highest BCUT2D eigenvalue weighted by atomic mass is 35.5. The summed E-state index contributed by atoms with van der Waals surface area (Å²) in [7, 11) is -3.78. The molecule has 2 aliphatic heterocycles. The number of nitrogens with zero attached hydrogens (tertiary/aromatic N) is 4. The summed E-state index contributed by atoms with van der Waals surface area (Å²) in [5, 5.41) is 11.8. The number of anilines is 1. The van der Waals surface area contributed by atoms with Gasteiger partial charge in [-0.25, -0.2) is 8.42 Å². The van der Waals surface area contributed by atoms with E-state index in [0.29, 0.717) is 35.8 Å². The molecule has 3 heterocycles. The molecule has 19 heteroatoms. The van der Waals surface area contributed by atoms with E-state index in [2.05, 4.69) is 9.64 Å². The summed E-state index contributed by atoms with van der Waals surface area (Å²) in [6, 6.07) is 8.06. The number of hydrogen-bond acceptors (Lipinski definition) is 11. The predicted octanol–water partition coefficient (Wildman–Crippen LogP) is 4.63. The molecule has 1 unspecified atom stereocenters. The Bertz CT molecular complexity index is 2030. The van der Waals surface area contributed by atoms with Crippen LogP contribution >= 0.6 is 23.2 Å². The number of halogens is 4. The zero-order valence-electron chi connectivity index (χ0n) is 29.6. The maximum Gasteiger partial charge on any atom is 0.387 e. The number of benzene rings is 2. The van der Waals surface area contributed by atoms with Crippen molar-refractivity contribution in [3.8, 4) is 11.5 Å². The minimum absolute atomic E-state index is 0.0271. The summed E-state index contributed by atoms with van der Waals surface area (Å²) in [5.74, 6) is -2.69. The first-order chi connectivity index (χ1) is 26.2. The molecule has 0 radical (unpaired) electrons. The number of fused-ring (bicyclic) bond motifs is 1. The number of rotatable bonds is 17. The number of pyridine rings is 1. The standard InChI is InChI=1S/C36H38Cl2F2N4O10S/c1-55(49,50)44(10-2-9-41-11-13-51-14-12-41)24-6-7-25-26(16-24)35(47)43(34(25)46)20-33(45)53-31(17-27-28(37)18-42(48)19-29(27)38)23-5-8-30(54-36(39)40)32(15-23)52-21-22-3-4-22/h5-8,15-16,18-19,22,31,36H,2-4,9-14,17,20-21H2,1H3. The zero-order chi connectivity index (χ0) is 39.4. The third kappa shape index (κ3) is 10.1. The van der Waals surface area contributed by atoms with Crippen LogP contribution in [0.4, 0.5) is 14.5 Å².